The maximum atomic E-state index is 12.9. The molecule has 5 rings (SSSR count). The predicted octanol–water partition coefficient (Wildman–Crippen LogP) is 3.70. The highest BCUT2D eigenvalue weighted by atomic mass is 19.4. The van der Waals surface area contributed by atoms with Gasteiger partial charge in [-0.05, 0) is 49.2 Å². The zero-order valence-corrected chi connectivity index (χ0v) is 18.4. The Kier molecular flexibility index (Phi) is 8.09. The Balaban J connectivity index is 0.000000454. The number of ketones is 1. The molecular weight excluding hydrogens is 500 g/mol. The summed E-state index contributed by atoms with van der Waals surface area (Å²) in [4.78, 5) is 35.0. The van der Waals surface area contributed by atoms with Crippen LogP contribution in [0.4, 0.5) is 32.0 Å². The number of carbonyl (C=O) groups is 3. The SMILES string of the molecule is O=C(O)C(F)(F)F.O=C(c1ccc(-c2ccc(NC(=O)C(F)(F)F)cc2)o1)C1CNC2CCN1CC2. The van der Waals surface area contributed by atoms with Gasteiger partial charge in [-0.25, -0.2) is 4.79 Å². The van der Waals surface area contributed by atoms with Crippen LogP contribution in [0.15, 0.2) is 40.8 Å². The van der Waals surface area contributed by atoms with Crippen molar-refractivity contribution in [1.82, 2.24) is 10.2 Å². The van der Waals surface area contributed by atoms with E-state index in [1.54, 1.807) is 17.4 Å². The largest absolute Gasteiger partial charge is 0.490 e. The molecule has 4 heterocycles. The highest BCUT2D eigenvalue weighted by molar-refractivity contribution is 5.98. The molecule has 1 aromatic heterocycles. The van der Waals surface area contributed by atoms with Gasteiger partial charge < -0.3 is 20.2 Å². The number of nitrogens with one attached hydrogen (secondary N) is 2. The van der Waals surface area contributed by atoms with Gasteiger partial charge in [0.25, 0.3) is 0 Å². The highest BCUT2D eigenvalue weighted by Crippen LogP contribution is 2.27. The quantitative estimate of drug-likeness (QED) is 0.416. The Bertz CT molecular complexity index is 1090. The van der Waals surface area contributed by atoms with Crippen molar-refractivity contribution < 1.29 is 50.2 Å². The van der Waals surface area contributed by atoms with E-state index in [1.807, 2.05) is 0 Å². The Morgan fingerprint density at radius 3 is 2.06 bits per heavy atom. The molecule has 8 nitrogen and oxygen atoms in total. The number of carbonyl (C=O) groups excluding carboxylic acids is 2. The number of aliphatic carboxylic acids is 1. The number of halogens is 6. The Morgan fingerprint density at radius 1 is 0.944 bits per heavy atom. The van der Waals surface area contributed by atoms with E-state index in [2.05, 4.69) is 10.2 Å². The third-order valence-corrected chi connectivity index (χ3v) is 5.65. The number of alkyl halides is 6. The first-order valence-corrected chi connectivity index (χ1v) is 10.7. The number of benzene rings is 1. The number of hydrogen-bond acceptors (Lipinski definition) is 6. The molecule has 3 aliphatic heterocycles. The average Bonchev–Trinajstić information content (AvgIpc) is 3.11. The van der Waals surface area contributed by atoms with E-state index in [1.165, 1.54) is 24.3 Å². The fourth-order valence-corrected chi connectivity index (χ4v) is 3.79. The van der Waals surface area contributed by atoms with E-state index < -0.39 is 24.2 Å². The van der Waals surface area contributed by atoms with Crippen molar-refractivity contribution in [3.8, 4) is 11.3 Å². The van der Waals surface area contributed by atoms with Crippen molar-refractivity contribution in [2.24, 2.45) is 0 Å². The van der Waals surface area contributed by atoms with Crippen LogP contribution in [0.1, 0.15) is 23.4 Å². The molecule has 0 aliphatic carbocycles. The molecule has 1 amide bonds. The minimum absolute atomic E-state index is 0.0204. The highest BCUT2D eigenvalue weighted by Gasteiger charge is 2.39. The summed E-state index contributed by atoms with van der Waals surface area (Å²) in [6.45, 7) is 2.35. The van der Waals surface area contributed by atoms with E-state index >= 15 is 0 Å². The molecule has 36 heavy (non-hydrogen) atoms. The minimum Gasteiger partial charge on any atom is -0.475 e. The number of fused-ring (bicyclic) bond motifs is 4. The van der Waals surface area contributed by atoms with Crippen molar-refractivity contribution in [1.29, 1.82) is 0 Å². The maximum absolute atomic E-state index is 12.9. The average molecular weight is 521 g/mol. The lowest BCUT2D eigenvalue weighted by Gasteiger charge is -2.30. The van der Waals surface area contributed by atoms with Crippen LogP contribution in [-0.2, 0) is 9.59 Å². The summed E-state index contributed by atoms with van der Waals surface area (Å²) < 4.78 is 74.4. The molecule has 0 spiro atoms. The Labute approximate surface area is 200 Å². The van der Waals surface area contributed by atoms with Crippen LogP contribution >= 0.6 is 0 Å². The van der Waals surface area contributed by atoms with Crippen molar-refractivity contribution >= 4 is 23.3 Å². The lowest BCUT2D eigenvalue weighted by molar-refractivity contribution is -0.192. The van der Waals surface area contributed by atoms with Crippen molar-refractivity contribution in [3.63, 3.8) is 0 Å². The molecule has 1 atom stereocenters. The first-order valence-electron chi connectivity index (χ1n) is 10.7. The van der Waals surface area contributed by atoms with Gasteiger partial charge in [0.05, 0.1) is 6.04 Å². The molecule has 3 N–H and O–H groups in total. The third-order valence-electron chi connectivity index (χ3n) is 5.65. The van der Waals surface area contributed by atoms with Crippen LogP contribution in [0, 0.1) is 0 Å². The molecule has 0 radical (unpaired) electrons. The topological polar surface area (TPSA) is 112 Å². The van der Waals surface area contributed by atoms with E-state index in [9.17, 15) is 35.9 Å². The van der Waals surface area contributed by atoms with Crippen LogP contribution in [0.25, 0.3) is 11.3 Å². The Morgan fingerprint density at radius 2 is 1.53 bits per heavy atom. The summed E-state index contributed by atoms with van der Waals surface area (Å²) in [5.41, 5.74) is 0.612. The second-order valence-electron chi connectivity index (χ2n) is 8.09. The number of carboxylic acids is 1. The third kappa shape index (κ3) is 6.85. The normalized spacial score (nSPS) is 21.7. The van der Waals surface area contributed by atoms with Gasteiger partial charge in [0.1, 0.15) is 5.76 Å². The molecular formula is C22H21F6N3O5. The number of furan rings is 1. The summed E-state index contributed by atoms with van der Waals surface area (Å²) in [6, 6.07) is 9.23. The summed E-state index contributed by atoms with van der Waals surface area (Å²) in [5, 5.41) is 12.3. The zero-order valence-electron chi connectivity index (χ0n) is 18.4. The monoisotopic (exact) mass is 521 g/mol. The molecule has 1 unspecified atom stereocenters. The summed E-state index contributed by atoms with van der Waals surface area (Å²) in [6.07, 6.45) is -7.97. The van der Waals surface area contributed by atoms with Gasteiger partial charge in [-0.15, -0.1) is 0 Å². The number of hydrogen-bond donors (Lipinski definition) is 3. The molecule has 3 aliphatic rings. The van der Waals surface area contributed by atoms with Crippen molar-refractivity contribution in [2.75, 3.05) is 25.0 Å². The second kappa shape index (κ2) is 10.7. The van der Waals surface area contributed by atoms with E-state index in [0.29, 0.717) is 23.9 Å². The van der Waals surface area contributed by atoms with E-state index in [-0.39, 0.29) is 23.3 Å². The number of amides is 1. The van der Waals surface area contributed by atoms with Gasteiger partial charge in [0.2, 0.25) is 5.78 Å². The minimum atomic E-state index is -5.08. The van der Waals surface area contributed by atoms with Gasteiger partial charge >= 0.3 is 24.2 Å². The first kappa shape index (κ1) is 27.2. The van der Waals surface area contributed by atoms with Crippen LogP contribution in [0.5, 0.6) is 0 Å². The lowest BCUT2D eigenvalue weighted by Crippen LogP contribution is -2.44. The van der Waals surface area contributed by atoms with Crippen LogP contribution < -0.4 is 10.6 Å². The number of anilines is 1. The van der Waals surface area contributed by atoms with Crippen LogP contribution in [-0.4, -0.2) is 71.7 Å². The van der Waals surface area contributed by atoms with Gasteiger partial charge in [0, 0.05) is 36.9 Å². The number of carboxylic acid groups (broad SMARTS) is 1. The molecule has 0 saturated carbocycles. The van der Waals surface area contributed by atoms with Gasteiger partial charge in [0.15, 0.2) is 5.76 Å². The number of Topliss-reactive ketones (excluding diaryl/α,β-unsaturated/α-hetero) is 1. The Hall–Kier alpha value is -3.39. The molecule has 1 aromatic carbocycles. The van der Waals surface area contributed by atoms with Crippen molar-refractivity contribution in [3.05, 3.63) is 42.2 Å². The summed E-state index contributed by atoms with van der Waals surface area (Å²) in [7, 11) is 0. The number of nitrogens with zero attached hydrogens (tertiary/aromatic N) is 1. The van der Waals surface area contributed by atoms with Gasteiger partial charge in [-0.3, -0.25) is 14.5 Å². The molecule has 2 bridgehead atoms. The van der Waals surface area contributed by atoms with Gasteiger partial charge in [-0.1, -0.05) is 0 Å². The second-order valence-corrected chi connectivity index (χ2v) is 8.09. The fourth-order valence-electron chi connectivity index (χ4n) is 3.79. The van der Waals surface area contributed by atoms with Crippen LogP contribution in [0.3, 0.4) is 0 Å². The van der Waals surface area contributed by atoms with Crippen molar-refractivity contribution in [2.45, 2.75) is 37.3 Å². The predicted molar refractivity (Wildman–Crippen MR) is 113 cm³/mol. The number of piperidine rings is 1. The lowest BCUT2D eigenvalue weighted by atomic mass is 10.0. The first-order chi connectivity index (χ1) is 16.8. The zero-order chi connectivity index (χ0) is 26.7. The van der Waals surface area contributed by atoms with Gasteiger partial charge in [-0.2, -0.15) is 26.3 Å². The molecule has 2 aromatic rings. The van der Waals surface area contributed by atoms with E-state index in [0.717, 1.165) is 25.9 Å². The molecule has 3 fully saturated rings. The fraction of sp³-hybridized carbons (Fsp3) is 0.409. The molecule has 14 heteroatoms. The van der Waals surface area contributed by atoms with E-state index in [4.69, 9.17) is 14.3 Å². The summed E-state index contributed by atoms with van der Waals surface area (Å²) >= 11 is 0. The maximum Gasteiger partial charge on any atom is 0.490 e. The smallest absolute Gasteiger partial charge is 0.475 e. The number of rotatable bonds is 4. The molecule has 3 saturated heterocycles. The standard InChI is InChI=1S/C20H20F3N3O3.C2HF3O2/c21-20(22,23)19(28)25-14-3-1-12(2-4-14)16-5-6-17(29-16)18(27)15-11-24-13-7-9-26(15)10-8-13;3-2(4,5)1(6)7/h1-6,13,15,24H,7-11H2,(H,25,28);(H,6,7). The van der Waals surface area contributed by atoms with Crippen LogP contribution in [0.2, 0.25) is 0 Å². The molecule has 196 valence electrons. The summed E-state index contributed by atoms with van der Waals surface area (Å²) in [5.74, 6) is -4.18.